The SMILES string of the molecule is COCCNC(=O)C(=O)C(C)C. The summed E-state index contributed by atoms with van der Waals surface area (Å²) in [5.41, 5.74) is 0. The van der Waals surface area contributed by atoms with Crippen LogP contribution in [0.25, 0.3) is 0 Å². The Balaban J connectivity index is 3.65. The summed E-state index contributed by atoms with van der Waals surface area (Å²) in [5.74, 6) is -1.15. The highest BCUT2D eigenvalue weighted by Crippen LogP contribution is 1.92. The number of methoxy groups -OCH3 is 1. The summed E-state index contributed by atoms with van der Waals surface area (Å²) in [6.07, 6.45) is 0. The van der Waals surface area contributed by atoms with Gasteiger partial charge in [0, 0.05) is 19.6 Å². The van der Waals surface area contributed by atoms with Gasteiger partial charge in [-0.25, -0.2) is 0 Å². The van der Waals surface area contributed by atoms with E-state index in [0.717, 1.165) is 0 Å². The summed E-state index contributed by atoms with van der Waals surface area (Å²) in [6.45, 7) is 4.20. The standard InChI is InChI=1S/C8H15NO3/c1-6(2)7(10)8(11)9-4-5-12-3/h6H,4-5H2,1-3H3,(H,9,11). The highest BCUT2D eigenvalue weighted by Gasteiger charge is 2.15. The van der Waals surface area contributed by atoms with Crippen LogP contribution in [0.5, 0.6) is 0 Å². The number of hydrogen-bond acceptors (Lipinski definition) is 3. The molecule has 0 bridgehead atoms. The second kappa shape index (κ2) is 5.71. The molecule has 0 aromatic carbocycles. The smallest absolute Gasteiger partial charge is 0.287 e. The maximum Gasteiger partial charge on any atom is 0.287 e. The maximum atomic E-state index is 11.0. The van der Waals surface area contributed by atoms with Crippen molar-refractivity contribution in [2.24, 2.45) is 5.92 Å². The monoisotopic (exact) mass is 173 g/mol. The van der Waals surface area contributed by atoms with Gasteiger partial charge in [-0.1, -0.05) is 13.8 Å². The fraction of sp³-hybridized carbons (Fsp3) is 0.750. The van der Waals surface area contributed by atoms with Crippen LogP contribution in [0.1, 0.15) is 13.8 Å². The molecule has 0 fully saturated rings. The lowest BCUT2D eigenvalue weighted by molar-refractivity contribution is -0.139. The van der Waals surface area contributed by atoms with Gasteiger partial charge in [0.05, 0.1) is 6.61 Å². The van der Waals surface area contributed by atoms with Crippen molar-refractivity contribution in [3.05, 3.63) is 0 Å². The maximum absolute atomic E-state index is 11.0. The Morgan fingerprint density at radius 1 is 1.42 bits per heavy atom. The summed E-state index contributed by atoms with van der Waals surface area (Å²) in [4.78, 5) is 21.9. The zero-order chi connectivity index (χ0) is 9.56. The molecule has 0 rings (SSSR count). The van der Waals surface area contributed by atoms with Gasteiger partial charge in [0.2, 0.25) is 5.78 Å². The zero-order valence-electron chi connectivity index (χ0n) is 7.72. The number of hydrogen-bond donors (Lipinski definition) is 1. The molecule has 1 N–H and O–H groups in total. The molecule has 12 heavy (non-hydrogen) atoms. The lowest BCUT2D eigenvalue weighted by Gasteiger charge is -2.04. The minimum absolute atomic E-state index is 0.243. The van der Waals surface area contributed by atoms with Crippen LogP contribution in [0.2, 0.25) is 0 Å². The highest BCUT2D eigenvalue weighted by atomic mass is 16.5. The second-order valence-electron chi connectivity index (χ2n) is 2.77. The molecule has 4 heteroatoms. The third-order valence-corrected chi connectivity index (χ3v) is 1.34. The van der Waals surface area contributed by atoms with Crippen molar-refractivity contribution in [1.82, 2.24) is 5.32 Å². The van der Waals surface area contributed by atoms with Gasteiger partial charge in [0.25, 0.3) is 5.91 Å². The van der Waals surface area contributed by atoms with Crippen molar-refractivity contribution in [2.45, 2.75) is 13.8 Å². The Morgan fingerprint density at radius 3 is 2.42 bits per heavy atom. The lowest BCUT2D eigenvalue weighted by Crippen LogP contribution is -2.35. The largest absolute Gasteiger partial charge is 0.383 e. The van der Waals surface area contributed by atoms with E-state index >= 15 is 0 Å². The van der Waals surface area contributed by atoms with Crippen molar-refractivity contribution < 1.29 is 14.3 Å². The molecule has 0 aromatic heterocycles. The van der Waals surface area contributed by atoms with Gasteiger partial charge in [0.15, 0.2) is 0 Å². The molecule has 0 saturated carbocycles. The Hall–Kier alpha value is -0.900. The molecule has 0 radical (unpaired) electrons. The van der Waals surface area contributed by atoms with Crippen LogP contribution >= 0.6 is 0 Å². The van der Waals surface area contributed by atoms with Gasteiger partial charge in [-0.2, -0.15) is 0 Å². The normalized spacial score (nSPS) is 10.0. The van der Waals surface area contributed by atoms with E-state index in [2.05, 4.69) is 5.32 Å². The van der Waals surface area contributed by atoms with Crippen molar-refractivity contribution in [2.75, 3.05) is 20.3 Å². The first-order valence-corrected chi connectivity index (χ1v) is 3.90. The van der Waals surface area contributed by atoms with Gasteiger partial charge in [-0.3, -0.25) is 9.59 Å². The highest BCUT2D eigenvalue weighted by molar-refractivity contribution is 6.36. The van der Waals surface area contributed by atoms with Gasteiger partial charge >= 0.3 is 0 Å². The summed E-state index contributed by atoms with van der Waals surface area (Å²) in [7, 11) is 1.54. The van der Waals surface area contributed by atoms with Crippen LogP contribution in [0.15, 0.2) is 0 Å². The average Bonchev–Trinajstić information content (AvgIpc) is 2.03. The number of nitrogens with one attached hydrogen (secondary N) is 1. The van der Waals surface area contributed by atoms with E-state index in [1.54, 1.807) is 13.8 Å². The van der Waals surface area contributed by atoms with E-state index in [-0.39, 0.29) is 11.7 Å². The Labute approximate surface area is 72.3 Å². The number of Topliss-reactive ketones (excluding diaryl/α,β-unsaturated/α-hetero) is 1. The molecule has 0 aliphatic rings. The van der Waals surface area contributed by atoms with Crippen LogP contribution in [-0.4, -0.2) is 32.0 Å². The van der Waals surface area contributed by atoms with Crippen molar-refractivity contribution in [3.63, 3.8) is 0 Å². The van der Waals surface area contributed by atoms with E-state index in [0.29, 0.717) is 13.2 Å². The fourth-order valence-electron chi connectivity index (χ4n) is 0.616. The van der Waals surface area contributed by atoms with Gasteiger partial charge in [-0.05, 0) is 0 Å². The first-order valence-electron chi connectivity index (χ1n) is 3.90. The quantitative estimate of drug-likeness (QED) is 0.469. The molecule has 0 aliphatic heterocycles. The lowest BCUT2D eigenvalue weighted by atomic mass is 10.1. The molecule has 70 valence electrons. The minimum Gasteiger partial charge on any atom is -0.383 e. The predicted octanol–water partition coefficient (Wildman–Crippen LogP) is -0.0259. The Kier molecular flexibility index (Phi) is 5.28. The predicted molar refractivity (Wildman–Crippen MR) is 44.7 cm³/mol. The van der Waals surface area contributed by atoms with E-state index in [1.165, 1.54) is 7.11 Å². The van der Waals surface area contributed by atoms with E-state index < -0.39 is 5.91 Å². The fourth-order valence-corrected chi connectivity index (χ4v) is 0.616. The molecule has 0 atom stereocenters. The van der Waals surface area contributed by atoms with Crippen LogP contribution in [0.3, 0.4) is 0 Å². The first kappa shape index (κ1) is 11.1. The van der Waals surface area contributed by atoms with Crippen LogP contribution in [0.4, 0.5) is 0 Å². The number of amides is 1. The summed E-state index contributed by atoms with van der Waals surface area (Å²) < 4.78 is 4.71. The summed E-state index contributed by atoms with van der Waals surface area (Å²) >= 11 is 0. The molecule has 4 nitrogen and oxygen atoms in total. The third kappa shape index (κ3) is 4.08. The molecule has 0 spiro atoms. The van der Waals surface area contributed by atoms with Crippen LogP contribution in [0, 0.1) is 5.92 Å². The summed E-state index contributed by atoms with van der Waals surface area (Å²) in [5, 5.41) is 2.45. The molecule has 0 aromatic rings. The number of carbonyl (C=O) groups is 2. The Bertz CT molecular complexity index is 166. The number of ether oxygens (including phenoxy) is 1. The molecular weight excluding hydrogens is 158 g/mol. The van der Waals surface area contributed by atoms with Crippen molar-refractivity contribution in [3.8, 4) is 0 Å². The van der Waals surface area contributed by atoms with Crippen LogP contribution in [-0.2, 0) is 14.3 Å². The number of rotatable bonds is 5. The minimum atomic E-state index is -0.526. The van der Waals surface area contributed by atoms with Gasteiger partial charge < -0.3 is 10.1 Å². The molecular formula is C8H15NO3. The third-order valence-electron chi connectivity index (χ3n) is 1.34. The molecule has 0 unspecified atom stereocenters. The van der Waals surface area contributed by atoms with Gasteiger partial charge in [-0.15, -0.1) is 0 Å². The van der Waals surface area contributed by atoms with Crippen molar-refractivity contribution in [1.29, 1.82) is 0 Å². The second-order valence-corrected chi connectivity index (χ2v) is 2.77. The average molecular weight is 173 g/mol. The summed E-state index contributed by atoms with van der Waals surface area (Å²) in [6, 6.07) is 0. The number of ketones is 1. The molecule has 0 heterocycles. The molecule has 0 aliphatic carbocycles. The van der Waals surface area contributed by atoms with Crippen molar-refractivity contribution >= 4 is 11.7 Å². The van der Waals surface area contributed by atoms with Gasteiger partial charge in [0.1, 0.15) is 0 Å². The first-order chi connectivity index (χ1) is 5.59. The van der Waals surface area contributed by atoms with E-state index in [9.17, 15) is 9.59 Å². The zero-order valence-corrected chi connectivity index (χ0v) is 7.72. The van der Waals surface area contributed by atoms with Crippen LogP contribution < -0.4 is 5.32 Å². The molecule has 0 saturated heterocycles. The molecule has 1 amide bonds. The Morgan fingerprint density at radius 2 is 2.00 bits per heavy atom. The topological polar surface area (TPSA) is 55.4 Å². The van der Waals surface area contributed by atoms with E-state index in [1.807, 2.05) is 0 Å². The number of carbonyl (C=O) groups excluding carboxylic acids is 2. The van der Waals surface area contributed by atoms with E-state index in [4.69, 9.17) is 4.74 Å².